The Morgan fingerprint density at radius 1 is 1.16 bits per heavy atom. The predicted octanol–water partition coefficient (Wildman–Crippen LogP) is 4.20. The van der Waals surface area contributed by atoms with E-state index in [1.54, 1.807) is 28.6 Å². The predicted molar refractivity (Wildman–Crippen MR) is 121 cm³/mol. The van der Waals surface area contributed by atoms with Crippen LogP contribution in [0.4, 0.5) is 0 Å². The molecule has 2 atom stereocenters. The van der Waals surface area contributed by atoms with Crippen molar-refractivity contribution in [3.05, 3.63) is 83.5 Å². The van der Waals surface area contributed by atoms with E-state index in [0.29, 0.717) is 30.8 Å². The van der Waals surface area contributed by atoms with Crippen LogP contribution in [0, 0.1) is 17.2 Å². The molecule has 1 aliphatic heterocycles. The molecule has 0 saturated carbocycles. The Kier molecular flexibility index (Phi) is 6.75. The molecule has 0 amide bonds. The zero-order chi connectivity index (χ0) is 22.6. The van der Waals surface area contributed by atoms with Crippen LogP contribution in [0.2, 0.25) is 0 Å². The van der Waals surface area contributed by atoms with E-state index in [2.05, 4.69) is 6.07 Å². The lowest BCUT2D eigenvalue weighted by atomic mass is 9.89. The van der Waals surface area contributed by atoms with Crippen LogP contribution in [-0.4, -0.2) is 32.5 Å². The maximum Gasteiger partial charge on any atom is 0.247 e. The zero-order valence-corrected chi connectivity index (χ0v) is 18.8. The molecule has 7 heteroatoms. The first-order valence-electron chi connectivity index (χ1n) is 10.6. The van der Waals surface area contributed by atoms with E-state index >= 15 is 0 Å². The highest BCUT2D eigenvalue weighted by molar-refractivity contribution is 7.89. The summed E-state index contributed by atoms with van der Waals surface area (Å²) in [6.07, 6.45) is 6.89. The molecule has 2 aromatic carbocycles. The van der Waals surface area contributed by atoms with Crippen LogP contribution in [0.3, 0.4) is 0 Å². The third-order valence-electron chi connectivity index (χ3n) is 5.96. The van der Waals surface area contributed by atoms with Crippen molar-refractivity contribution in [3.63, 3.8) is 0 Å². The van der Waals surface area contributed by atoms with Crippen molar-refractivity contribution in [1.82, 2.24) is 4.31 Å². The fourth-order valence-corrected chi connectivity index (χ4v) is 6.06. The van der Waals surface area contributed by atoms with E-state index in [9.17, 15) is 13.7 Å². The molecule has 1 aliphatic carbocycles. The van der Waals surface area contributed by atoms with Crippen LogP contribution < -0.4 is 4.74 Å². The van der Waals surface area contributed by atoms with Gasteiger partial charge in [-0.1, -0.05) is 48.6 Å². The molecule has 32 heavy (non-hydrogen) atoms. The van der Waals surface area contributed by atoms with E-state index < -0.39 is 10.0 Å². The lowest BCUT2D eigenvalue weighted by molar-refractivity contribution is 0.0604. The van der Waals surface area contributed by atoms with Crippen molar-refractivity contribution in [2.75, 3.05) is 13.7 Å². The molecular weight excluding hydrogens is 424 g/mol. The average molecular weight is 451 g/mol. The van der Waals surface area contributed by atoms with Gasteiger partial charge in [0.2, 0.25) is 10.0 Å². The number of sulfonamides is 1. The summed E-state index contributed by atoms with van der Waals surface area (Å²) in [5, 5.41) is 9.30. The topological polar surface area (TPSA) is 79.6 Å². The molecule has 2 unspecified atom stereocenters. The largest absolute Gasteiger partial charge is 0.495 e. The van der Waals surface area contributed by atoms with E-state index in [-0.39, 0.29) is 30.0 Å². The Labute approximate surface area is 189 Å². The molecule has 0 saturated heterocycles. The fourth-order valence-electron chi connectivity index (χ4n) is 4.30. The number of methoxy groups -OCH3 is 1. The minimum atomic E-state index is -3.88. The van der Waals surface area contributed by atoms with Gasteiger partial charge < -0.3 is 9.47 Å². The van der Waals surface area contributed by atoms with Crippen molar-refractivity contribution in [2.45, 2.75) is 36.9 Å². The maximum absolute atomic E-state index is 13.9. The highest BCUT2D eigenvalue weighted by atomic mass is 32.2. The average Bonchev–Trinajstić information content (AvgIpc) is 2.81. The Bertz CT molecular complexity index is 1180. The molecule has 1 heterocycles. The molecule has 0 fully saturated rings. The van der Waals surface area contributed by atoms with Crippen LogP contribution >= 0.6 is 0 Å². The molecule has 166 valence electrons. The Balaban J connectivity index is 1.73. The number of fused-ring (bicyclic) bond motifs is 1. The Hall–Kier alpha value is -2.92. The number of nitriles is 1. The van der Waals surface area contributed by atoms with Crippen molar-refractivity contribution >= 4 is 10.0 Å². The molecule has 0 spiro atoms. The summed E-state index contributed by atoms with van der Waals surface area (Å²) in [5.41, 5.74) is 2.61. The maximum atomic E-state index is 13.9. The number of allylic oxidation sites excluding steroid dienone is 4. The standard InChI is InChI=1S/C25H26N2O4S/c1-30-24-11-4-5-12-25(24)32(28,29)27-16-21-9-2-3-10-22(21)17-31-18-23(27)14-19-7-6-8-20(13-19)15-26/h2-12,19,23H,13-14,16-18H2,1H3. The number of ether oxygens (including phenoxy) is 2. The van der Waals surface area contributed by atoms with Crippen molar-refractivity contribution in [1.29, 1.82) is 5.26 Å². The van der Waals surface area contributed by atoms with E-state index in [1.165, 1.54) is 7.11 Å². The summed E-state index contributed by atoms with van der Waals surface area (Å²) in [5.74, 6) is 0.378. The summed E-state index contributed by atoms with van der Waals surface area (Å²) < 4.78 is 40.7. The smallest absolute Gasteiger partial charge is 0.247 e. The first kappa shape index (κ1) is 22.3. The molecule has 4 rings (SSSR count). The number of hydrogen-bond donors (Lipinski definition) is 0. The van der Waals surface area contributed by atoms with Crippen molar-refractivity contribution in [2.24, 2.45) is 5.92 Å². The molecule has 2 aromatic rings. The number of nitrogens with zero attached hydrogens (tertiary/aromatic N) is 2. The normalized spacial score (nSPS) is 21.6. The van der Waals surface area contributed by atoms with E-state index in [1.807, 2.05) is 42.5 Å². The monoisotopic (exact) mass is 450 g/mol. The van der Waals surface area contributed by atoms with Crippen LogP contribution in [0.5, 0.6) is 5.75 Å². The second-order valence-electron chi connectivity index (χ2n) is 8.03. The van der Waals surface area contributed by atoms with Gasteiger partial charge in [-0.25, -0.2) is 8.42 Å². The van der Waals surface area contributed by atoms with Gasteiger partial charge >= 0.3 is 0 Å². The number of hydrogen-bond acceptors (Lipinski definition) is 5. The summed E-state index contributed by atoms with van der Waals surface area (Å²) in [6, 6.07) is 16.3. The number of benzene rings is 2. The minimum Gasteiger partial charge on any atom is -0.495 e. The summed E-state index contributed by atoms with van der Waals surface area (Å²) in [7, 11) is -2.41. The minimum absolute atomic E-state index is 0.0632. The Morgan fingerprint density at radius 3 is 2.69 bits per heavy atom. The van der Waals surface area contributed by atoms with Gasteiger partial charge in [0, 0.05) is 18.2 Å². The van der Waals surface area contributed by atoms with Crippen molar-refractivity contribution in [3.8, 4) is 11.8 Å². The molecule has 0 radical (unpaired) electrons. The van der Waals surface area contributed by atoms with Crippen LogP contribution in [-0.2, 0) is 27.9 Å². The second-order valence-corrected chi connectivity index (χ2v) is 9.89. The lowest BCUT2D eigenvalue weighted by Gasteiger charge is -2.35. The SMILES string of the molecule is COc1ccccc1S(=O)(=O)N1Cc2ccccc2COCC1CC1C=CC=C(C#N)C1. The van der Waals surface area contributed by atoms with Gasteiger partial charge in [-0.05, 0) is 48.1 Å². The molecule has 0 aromatic heterocycles. The summed E-state index contributed by atoms with van der Waals surface area (Å²) >= 11 is 0. The van der Waals surface area contributed by atoms with Gasteiger partial charge in [-0.2, -0.15) is 9.57 Å². The molecular formula is C25H26N2O4S. The summed E-state index contributed by atoms with van der Waals surface area (Å²) in [6.45, 7) is 0.972. The third kappa shape index (κ3) is 4.63. The fraction of sp³-hybridized carbons (Fsp3) is 0.320. The second kappa shape index (κ2) is 9.70. The third-order valence-corrected chi connectivity index (χ3v) is 7.89. The van der Waals surface area contributed by atoms with Gasteiger partial charge in [-0.3, -0.25) is 0 Å². The van der Waals surface area contributed by atoms with E-state index in [0.717, 1.165) is 11.1 Å². The number of rotatable bonds is 5. The van der Waals surface area contributed by atoms with Crippen LogP contribution in [0.15, 0.2) is 77.2 Å². The van der Waals surface area contributed by atoms with E-state index in [4.69, 9.17) is 9.47 Å². The quantitative estimate of drug-likeness (QED) is 0.682. The first-order valence-corrected chi connectivity index (χ1v) is 12.0. The van der Waals surface area contributed by atoms with Gasteiger partial charge in [-0.15, -0.1) is 0 Å². The lowest BCUT2D eigenvalue weighted by Crippen LogP contribution is -2.44. The highest BCUT2D eigenvalue weighted by Crippen LogP contribution is 2.33. The molecule has 0 N–H and O–H groups in total. The Morgan fingerprint density at radius 2 is 1.91 bits per heavy atom. The summed E-state index contributed by atoms with van der Waals surface area (Å²) in [4.78, 5) is 0.141. The molecule has 0 bridgehead atoms. The van der Waals surface area contributed by atoms with Gasteiger partial charge in [0.05, 0.1) is 26.4 Å². The highest BCUT2D eigenvalue weighted by Gasteiger charge is 2.36. The van der Waals surface area contributed by atoms with Gasteiger partial charge in [0.15, 0.2) is 0 Å². The van der Waals surface area contributed by atoms with Crippen LogP contribution in [0.25, 0.3) is 0 Å². The molecule has 2 aliphatic rings. The first-order chi connectivity index (χ1) is 15.5. The molecule has 6 nitrogen and oxygen atoms in total. The zero-order valence-electron chi connectivity index (χ0n) is 18.0. The van der Waals surface area contributed by atoms with Crippen LogP contribution in [0.1, 0.15) is 24.0 Å². The van der Waals surface area contributed by atoms with Gasteiger partial charge in [0.1, 0.15) is 10.6 Å². The number of para-hydroxylation sites is 1. The van der Waals surface area contributed by atoms with Crippen molar-refractivity contribution < 1.29 is 17.9 Å². The van der Waals surface area contributed by atoms with Gasteiger partial charge in [0.25, 0.3) is 0 Å².